The van der Waals surface area contributed by atoms with Gasteiger partial charge in [-0.2, -0.15) is 4.31 Å². The van der Waals surface area contributed by atoms with Crippen LogP contribution in [0.4, 0.5) is 0 Å². The Bertz CT molecular complexity index is 389. The number of nitrogens with zero attached hydrogens (tertiary/aromatic N) is 2. The Morgan fingerprint density at radius 3 is 2.42 bits per heavy atom. The van der Waals surface area contributed by atoms with Crippen LogP contribution in [0.2, 0.25) is 0 Å². The molecule has 1 N–H and O–H groups in total. The van der Waals surface area contributed by atoms with E-state index in [0.717, 1.165) is 13.1 Å². The van der Waals surface area contributed by atoms with E-state index in [2.05, 4.69) is 5.32 Å². The molecule has 1 rings (SSSR count). The molecule has 7 heteroatoms. The molecule has 6 nitrogen and oxygen atoms in total. The van der Waals surface area contributed by atoms with Gasteiger partial charge in [-0.05, 0) is 12.3 Å². The van der Waals surface area contributed by atoms with E-state index in [1.165, 1.54) is 11.4 Å². The first-order valence-corrected chi connectivity index (χ1v) is 8.36. The minimum Gasteiger partial charge on any atom is -0.339 e. The van der Waals surface area contributed by atoms with Crippen molar-refractivity contribution in [2.24, 2.45) is 5.92 Å². The third kappa shape index (κ3) is 5.46. The van der Waals surface area contributed by atoms with Crippen LogP contribution >= 0.6 is 0 Å². The molecule has 0 unspecified atom stereocenters. The third-order valence-corrected chi connectivity index (χ3v) is 5.09. The summed E-state index contributed by atoms with van der Waals surface area (Å²) in [5.74, 6) is 0.333. The minimum absolute atomic E-state index is 0.0551. The summed E-state index contributed by atoms with van der Waals surface area (Å²) in [5, 5.41) is 3.16. The zero-order chi connectivity index (χ0) is 14.5. The molecule has 1 heterocycles. The van der Waals surface area contributed by atoms with Crippen molar-refractivity contribution in [2.75, 3.05) is 45.5 Å². The third-order valence-electron chi connectivity index (χ3n) is 3.26. The van der Waals surface area contributed by atoms with Gasteiger partial charge in [0.25, 0.3) is 0 Å². The summed E-state index contributed by atoms with van der Waals surface area (Å²) in [6, 6.07) is 0. The number of hydrogen-bond donors (Lipinski definition) is 1. The van der Waals surface area contributed by atoms with Gasteiger partial charge in [0.1, 0.15) is 0 Å². The fraction of sp³-hybridized carbons (Fsp3) is 0.917. The Labute approximate surface area is 116 Å². The Kier molecular flexibility index (Phi) is 6.22. The van der Waals surface area contributed by atoms with Gasteiger partial charge in [-0.1, -0.05) is 13.8 Å². The standard InChI is InChI=1S/C12H25N3O3S/c1-11(2)4-9-19(17,18)14(3)10-12(16)15-7-5-13-6-8-15/h11,13H,4-10H2,1-3H3. The number of carbonyl (C=O) groups excluding carboxylic acids is 1. The fourth-order valence-corrected chi connectivity index (χ4v) is 3.23. The molecule has 1 amide bonds. The van der Waals surface area contributed by atoms with E-state index in [4.69, 9.17) is 0 Å². The van der Waals surface area contributed by atoms with Crippen molar-refractivity contribution >= 4 is 15.9 Å². The van der Waals surface area contributed by atoms with Gasteiger partial charge in [-0.3, -0.25) is 4.79 Å². The predicted molar refractivity (Wildman–Crippen MR) is 75.3 cm³/mol. The molecule has 0 aromatic heterocycles. The fourth-order valence-electron chi connectivity index (χ4n) is 1.84. The highest BCUT2D eigenvalue weighted by atomic mass is 32.2. The first kappa shape index (κ1) is 16.4. The van der Waals surface area contributed by atoms with Gasteiger partial charge in [0.2, 0.25) is 15.9 Å². The van der Waals surface area contributed by atoms with Crippen LogP contribution < -0.4 is 5.32 Å². The Morgan fingerprint density at radius 1 is 1.32 bits per heavy atom. The van der Waals surface area contributed by atoms with Crippen molar-refractivity contribution in [3.63, 3.8) is 0 Å². The average molecular weight is 291 g/mol. The van der Waals surface area contributed by atoms with Crippen molar-refractivity contribution in [1.29, 1.82) is 0 Å². The second-order valence-electron chi connectivity index (χ2n) is 5.39. The largest absolute Gasteiger partial charge is 0.339 e. The number of amides is 1. The lowest BCUT2D eigenvalue weighted by Crippen LogP contribution is -2.50. The predicted octanol–water partition coefficient (Wildman–Crippen LogP) is -0.274. The van der Waals surface area contributed by atoms with Crippen LogP contribution in [0.5, 0.6) is 0 Å². The highest BCUT2D eigenvalue weighted by Gasteiger charge is 2.24. The Balaban J connectivity index is 2.48. The smallest absolute Gasteiger partial charge is 0.237 e. The molecule has 1 fully saturated rings. The molecule has 0 saturated carbocycles. The number of carbonyl (C=O) groups is 1. The summed E-state index contributed by atoms with van der Waals surface area (Å²) in [5.41, 5.74) is 0. The van der Waals surface area contributed by atoms with E-state index in [1.807, 2.05) is 13.8 Å². The summed E-state index contributed by atoms with van der Waals surface area (Å²) in [6.07, 6.45) is 0.620. The highest BCUT2D eigenvalue weighted by Crippen LogP contribution is 2.07. The molecule has 0 radical (unpaired) electrons. The molecule has 1 aliphatic heterocycles. The second-order valence-corrected chi connectivity index (χ2v) is 7.58. The van der Waals surface area contributed by atoms with E-state index in [9.17, 15) is 13.2 Å². The lowest BCUT2D eigenvalue weighted by atomic mass is 10.2. The van der Waals surface area contributed by atoms with Gasteiger partial charge in [-0.15, -0.1) is 0 Å². The maximum absolute atomic E-state index is 12.0. The molecule has 1 saturated heterocycles. The van der Waals surface area contributed by atoms with E-state index in [0.29, 0.717) is 25.4 Å². The van der Waals surface area contributed by atoms with E-state index in [-0.39, 0.29) is 18.2 Å². The molecule has 1 aliphatic rings. The Morgan fingerprint density at radius 2 is 1.89 bits per heavy atom. The Hall–Kier alpha value is -0.660. The molecular weight excluding hydrogens is 266 g/mol. The van der Waals surface area contributed by atoms with Gasteiger partial charge < -0.3 is 10.2 Å². The minimum atomic E-state index is -3.32. The molecule has 0 aromatic carbocycles. The molecule has 112 valence electrons. The number of rotatable bonds is 6. The van der Waals surface area contributed by atoms with Crippen LogP contribution in [0, 0.1) is 5.92 Å². The maximum atomic E-state index is 12.0. The van der Waals surface area contributed by atoms with E-state index >= 15 is 0 Å². The van der Waals surface area contributed by atoms with Crippen LogP contribution in [-0.4, -0.2) is 69.1 Å². The first-order valence-electron chi connectivity index (χ1n) is 6.75. The van der Waals surface area contributed by atoms with Crippen LogP contribution in [0.25, 0.3) is 0 Å². The van der Waals surface area contributed by atoms with Gasteiger partial charge in [0, 0.05) is 33.2 Å². The lowest BCUT2D eigenvalue weighted by molar-refractivity contribution is -0.131. The normalized spacial score (nSPS) is 17.2. The van der Waals surface area contributed by atoms with Gasteiger partial charge in [-0.25, -0.2) is 8.42 Å². The van der Waals surface area contributed by atoms with Crippen molar-refractivity contribution in [2.45, 2.75) is 20.3 Å². The van der Waals surface area contributed by atoms with E-state index < -0.39 is 10.0 Å². The average Bonchev–Trinajstić information content (AvgIpc) is 2.37. The number of hydrogen-bond acceptors (Lipinski definition) is 4. The lowest BCUT2D eigenvalue weighted by Gasteiger charge is -2.29. The van der Waals surface area contributed by atoms with Crippen molar-refractivity contribution in [1.82, 2.24) is 14.5 Å². The molecule has 0 aromatic rings. The highest BCUT2D eigenvalue weighted by molar-refractivity contribution is 7.89. The molecule has 0 bridgehead atoms. The molecule has 0 atom stereocenters. The topological polar surface area (TPSA) is 69.7 Å². The van der Waals surface area contributed by atoms with Crippen LogP contribution in [0.1, 0.15) is 20.3 Å². The maximum Gasteiger partial charge on any atom is 0.237 e. The summed E-state index contributed by atoms with van der Waals surface area (Å²) < 4.78 is 25.2. The number of nitrogens with one attached hydrogen (secondary N) is 1. The van der Waals surface area contributed by atoms with E-state index in [1.54, 1.807) is 4.90 Å². The van der Waals surface area contributed by atoms with Gasteiger partial charge >= 0.3 is 0 Å². The summed E-state index contributed by atoms with van der Waals surface area (Å²) in [7, 11) is -1.84. The van der Waals surface area contributed by atoms with Gasteiger partial charge in [0.05, 0.1) is 12.3 Å². The molecule has 0 aliphatic carbocycles. The number of likely N-dealkylation sites (N-methyl/N-ethyl adjacent to an activating group) is 1. The second kappa shape index (κ2) is 7.21. The zero-order valence-electron chi connectivity index (χ0n) is 12.1. The first-order chi connectivity index (χ1) is 8.83. The van der Waals surface area contributed by atoms with Crippen LogP contribution in [0.15, 0.2) is 0 Å². The summed E-state index contributed by atoms with van der Waals surface area (Å²) in [4.78, 5) is 13.7. The molecular formula is C12H25N3O3S. The van der Waals surface area contributed by atoms with Crippen molar-refractivity contribution < 1.29 is 13.2 Å². The molecule has 19 heavy (non-hydrogen) atoms. The number of sulfonamides is 1. The monoisotopic (exact) mass is 291 g/mol. The molecule has 0 spiro atoms. The van der Waals surface area contributed by atoms with Crippen LogP contribution in [0.3, 0.4) is 0 Å². The summed E-state index contributed by atoms with van der Waals surface area (Å²) >= 11 is 0. The van der Waals surface area contributed by atoms with Crippen molar-refractivity contribution in [3.05, 3.63) is 0 Å². The SMILES string of the molecule is CC(C)CCS(=O)(=O)N(C)CC(=O)N1CCNCC1. The quantitative estimate of drug-likeness (QED) is 0.731. The summed E-state index contributed by atoms with van der Waals surface area (Å²) in [6.45, 7) is 6.77. The van der Waals surface area contributed by atoms with Crippen LogP contribution in [-0.2, 0) is 14.8 Å². The zero-order valence-corrected chi connectivity index (χ0v) is 12.9. The van der Waals surface area contributed by atoms with Gasteiger partial charge in [0.15, 0.2) is 0 Å². The van der Waals surface area contributed by atoms with Crippen molar-refractivity contribution in [3.8, 4) is 0 Å². The number of piperazine rings is 1.